The van der Waals surface area contributed by atoms with E-state index in [1.807, 2.05) is 12.1 Å². The predicted molar refractivity (Wildman–Crippen MR) is 107 cm³/mol. The Morgan fingerprint density at radius 3 is 2.22 bits per heavy atom. The van der Waals surface area contributed by atoms with E-state index in [-0.39, 0.29) is 12.0 Å². The summed E-state index contributed by atoms with van der Waals surface area (Å²) in [6.45, 7) is 4.85. The third kappa shape index (κ3) is 4.92. The molecule has 0 aromatic heterocycles. The number of benzene rings is 2. The number of nitrogens with one attached hydrogen (secondary N) is 1. The molecular weight excluding hydrogens is 366 g/mol. The molecule has 0 aliphatic carbocycles. The molecule has 1 aliphatic rings. The lowest BCUT2D eigenvalue weighted by molar-refractivity contribution is 0.0526. The van der Waals surface area contributed by atoms with E-state index in [0.717, 1.165) is 24.5 Å². The van der Waals surface area contributed by atoms with Gasteiger partial charge in [0.1, 0.15) is 0 Å². The first kappa shape index (κ1) is 19.0. The van der Waals surface area contributed by atoms with Gasteiger partial charge in [-0.25, -0.2) is 9.59 Å². The van der Waals surface area contributed by atoms with Gasteiger partial charge in [0.15, 0.2) is 0 Å². The zero-order valence-electron chi connectivity index (χ0n) is 15.2. The number of rotatable bonds is 4. The van der Waals surface area contributed by atoms with Crippen molar-refractivity contribution in [1.29, 1.82) is 0 Å². The van der Waals surface area contributed by atoms with Crippen molar-refractivity contribution >= 4 is 35.0 Å². The van der Waals surface area contributed by atoms with E-state index in [9.17, 15) is 9.59 Å². The van der Waals surface area contributed by atoms with Crippen LogP contribution in [0.3, 0.4) is 0 Å². The van der Waals surface area contributed by atoms with Gasteiger partial charge in [0.25, 0.3) is 0 Å². The van der Waals surface area contributed by atoms with Crippen LogP contribution in [0.2, 0.25) is 5.02 Å². The van der Waals surface area contributed by atoms with Gasteiger partial charge < -0.3 is 19.9 Å². The molecule has 1 aliphatic heterocycles. The summed E-state index contributed by atoms with van der Waals surface area (Å²) in [7, 11) is 0. The first-order valence-electron chi connectivity index (χ1n) is 8.90. The first-order valence-corrected chi connectivity index (χ1v) is 9.28. The average molecular weight is 388 g/mol. The second kappa shape index (κ2) is 8.77. The maximum absolute atomic E-state index is 12.4. The molecule has 0 spiro atoms. The van der Waals surface area contributed by atoms with Crippen LogP contribution in [0.5, 0.6) is 0 Å². The second-order valence-electron chi connectivity index (χ2n) is 6.18. The van der Waals surface area contributed by atoms with Gasteiger partial charge in [0.2, 0.25) is 0 Å². The minimum absolute atomic E-state index is 0.116. The van der Waals surface area contributed by atoms with Crippen LogP contribution in [0.1, 0.15) is 17.3 Å². The standard InChI is InChI=1S/C20H22ClN3O3/c1-2-27-19(25)15-3-9-18(10-4-15)23-11-13-24(14-12-23)20(26)22-17-7-5-16(21)6-8-17/h3-10H,2,11-14H2,1H3,(H,22,26). The van der Waals surface area contributed by atoms with Crippen LogP contribution in [0.25, 0.3) is 0 Å². The zero-order valence-corrected chi connectivity index (χ0v) is 15.9. The lowest BCUT2D eigenvalue weighted by Crippen LogP contribution is -2.50. The Hall–Kier alpha value is -2.73. The van der Waals surface area contributed by atoms with Crippen LogP contribution >= 0.6 is 11.6 Å². The van der Waals surface area contributed by atoms with E-state index >= 15 is 0 Å². The molecule has 0 bridgehead atoms. The summed E-state index contributed by atoms with van der Waals surface area (Å²) in [5.74, 6) is -0.312. The number of esters is 1. The molecule has 0 unspecified atom stereocenters. The van der Waals surface area contributed by atoms with Gasteiger partial charge in [-0.2, -0.15) is 0 Å². The van der Waals surface area contributed by atoms with Crippen LogP contribution in [0.4, 0.5) is 16.2 Å². The van der Waals surface area contributed by atoms with Gasteiger partial charge in [-0.05, 0) is 55.5 Å². The van der Waals surface area contributed by atoms with Crippen molar-refractivity contribution in [2.45, 2.75) is 6.92 Å². The van der Waals surface area contributed by atoms with Gasteiger partial charge in [-0.1, -0.05) is 11.6 Å². The van der Waals surface area contributed by atoms with Crippen LogP contribution in [-0.4, -0.2) is 49.7 Å². The molecule has 0 atom stereocenters. The fourth-order valence-corrected chi connectivity index (χ4v) is 3.05. The Morgan fingerprint density at radius 2 is 1.63 bits per heavy atom. The highest BCUT2D eigenvalue weighted by Crippen LogP contribution is 2.19. The molecule has 6 nitrogen and oxygen atoms in total. The van der Waals surface area contributed by atoms with Crippen LogP contribution < -0.4 is 10.2 Å². The van der Waals surface area contributed by atoms with Crippen LogP contribution in [-0.2, 0) is 4.74 Å². The number of ether oxygens (including phenoxy) is 1. The molecule has 2 amide bonds. The number of piperazine rings is 1. The fraction of sp³-hybridized carbons (Fsp3) is 0.300. The van der Waals surface area contributed by atoms with Gasteiger partial charge in [-0.15, -0.1) is 0 Å². The maximum atomic E-state index is 12.4. The van der Waals surface area contributed by atoms with Crippen LogP contribution in [0.15, 0.2) is 48.5 Å². The molecule has 0 radical (unpaired) electrons. The van der Waals surface area contributed by atoms with Gasteiger partial charge in [0, 0.05) is 42.6 Å². The number of hydrogen-bond donors (Lipinski definition) is 1. The molecule has 142 valence electrons. The molecular formula is C20H22ClN3O3. The average Bonchev–Trinajstić information content (AvgIpc) is 2.70. The molecule has 1 N–H and O–H groups in total. The molecule has 2 aromatic carbocycles. The number of halogens is 1. The van der Waals surface area contributed by atoms with E-state index in [0.29, 0.717) is 30.3 Å². The smallest absolute Gasteiger partial charge is 0.338 e. The number of carbonyl (C=O) groups is 2. The second-order valence-corrected chi connectivity index (χ2v) is 6.61. The highest BCUT2D eigenvalue weighted by molar-refractivity contribution is 6.30. The van der Waals surface area contributed by atoms with E-state index in [2.05, 4.69) is 10.2 Å². The lowest BCUT2D eigenvalue weighted by atomic mass is 10.2. The number of hydrogen-bond acceptors (Lipinski definition) is 4. The third-order valence-corrected chi connectivity index (χ3v) is 4.66. The van der Waals surface area contributed by atoms with Crippen molar-refractivity contribution in [2.24, 2.45) is 0 Å². The minimum Gasteiger partial charge on any atom is -0.462 e. The predicted octanol–water partition coefficient (Wildman–Crippen LogP) is 3.87. The lowest BCUT2D eigenvalue weighted by Gasteiger charge is -2.36. The van der Waals surface area contributed by atoms with Crippen molar-refractivity contribution in [1.82, 2.24) is 4.90 Å². The number of urea groups is 1. The van der Waals surface area contributed by atoms with E-state index in [4.69, 9.17) is 16.3 Å². The molecule has 7 heteroatoms. The summed E-state index contributed by atoms with van der Waals surface area (Å²) < 4.78 is 5.00. The fourth-order valence-electron chi connectivity index (χ4n) is 2.93. The Morgan fingerprint density at radius 1 is 1.00 bits per heavy atom. The zero-order chi connectivity index (χ0) is 19.2. The largest absolute Gasteiger partial charge is 0.462 e. The summed E-state index contributed by atoms with van der Waals surface area (Å²) in [6.07, 6.45) is 0. The Kier molecular flexibility index (Phi) is 6.19. The normalized spacial score (nSPS) is 14.0. The molecule has 1 heterocycles. The molecule has 1 fully saturated rings. The van der Waals surface area contributed by atoms with E-state index < -0.39 is 0 Å². The molecule has 3 rings (SSSR count). The van der Waals surface area contributed by atoms with Gasteiger partial charge >= 0.3 is 12.0 Å². The molecule has 1 saturated heterocycles. The highest BCUT2D eigenvalue weighted by atomic mass is 35.5. The highest BCUT2D eigenvalue weighted by Gasteiger charge is 2.21. The monoisotopic (exact) mass is 387 g/mol. The van der Waals surface area contributed by atoms with Gasteiger partial charge in [0.05, 0.1) is 12.2 Å². The van der Waals surface area contributed by atoms with E-state index in [1.165, 1.54) is 0 Å². The number of anilines is 2. The molecule has 0 saturated carbocycles. The van der Waals surface area contributed by atoms with Crippen molar-refractivity contribution in [2.75, 3.05) is 43.0 Å². The van der Waals surface area contributed by atoms with E-state index in [1.54, 1.807) is 48.2 Å². The Labute approximate surface area is 163 Å². The third-order valence-electron chi connectivity index (χ3n) is 4.41. The van der Waals surface area contributed by atoms with Gasteiger partial charge in [-0.3, -0.25) is 0 Å². The molecule has 27 heavy (non-hydrogen) atoms. The molecule has 2 aromatic rings. The minimum atomic E-state index is -0.312. The van der Waals surface area contributed by atoms with Crippen LogP contribution in [0, 0.1) is 0 Å². The van der Waals surface area contributed by atoms with Crippen molar-refractivity contribution in [3.05, 3.63) is 59.1 Å². The Bertz CT molecular complexity index is 785. The number of nitrogens with zero attached hydrogens (tertiary/aromatic N) is 2. The van der Waals surface area contributed by atoms with Crippen molar-refractivity contribution < 1.29 is 14.3 Å². The SMILES string of the molecule is CCOC(=O)c1ccc(N2CCN(C(=O)Nc3ccc(Cl)cc3)CC2)cc1. The number of amides is 2. The summed E-state index contributed by atoms with van der Waals surface area (Å²) in [6, 6.07) is 14.3. The maximum Gasteiger partial charge on any atom is 0.338 e. The summed E-state index contributed by atoms with van der Waals surface area (Å²) in [4.78, 5) is 28.1. The first-order chi connectivity index (χ1) is 13.1. The van der Waals surface area contributed by atoms with Crippen molar-refractivity contribution in [3.8, 4) is 0 Å². The summed E-state index contributed by atoms with van der Waals surface area (Å²) >= 11 is 5.86. The van der Waals surface area contributed by atoms with Crippen molar-refractivity contribution in [3.63, 3.8) is 0 Å². The quantitative estimate of drug-likeness (QED) is 0.809. The summed E-state index contributed by atoms with van der Waals surface area (Å²) in [5.41, 5.74) is 2.30. The summed E-state index contributed by atoms with van der Waals surface area (Å²) in [5, 5.41) is 3.52. The topological polar surface area (TPSA) is 61.9 Å². The Balaban J connectivity index is 1.53. The number of carbonyl (C=O) groups excluding carboxylic acids is 2.